The molecule has 0 aliphatic heterocycles. The third-order valence-corrected chi connectivity index (χ3v) is 3.81. The molecule has 1 aromatic heterocycles. The van der Waals surface area contributed by atoms with Crippen molar-refractivity contribution in [2.24, 2.45) is 5.73 Å². The van der Waals surface area contributed by atoms with E-state index in [2.05, 4.69) is 9.97 Å². The van der Waals surface area contributed by atoms with E-state index in [0.717, 1.165) is 5.75 Å². The molecule has 6 heteroatoms. The van der Waals surface area contributed by atoms with Crippen molar-refractivity contribution >= 4 is 34.3 Å². The number of aromatic nitrogens is 2. The summed E-state index contributed by atoms with van der Waals surface area (Å²) in [7, 11) is 0. The van der Waals surface area contributed by atoms with Crippen LogP contribution in [-0.2, 0) is 5.75 Å². The number of fused-ring (bicyclic) bond motifs is 1. The molecule has 0 radical (unpaired) electrons. The summed E-state index contributed by atoms with van der Waals surface area (Å²) in [6.07, 6.45) is 0. The van der Waals surface area contributed by atoms with Crippen LogP contribution in [0.2, 0.25) is 5.02 Å². The highest BCUT2D eigenvalue weighted by Crippen LogP contribution is 2.16. The third kappa shape index (κ3) is 3.25. The Morgan fingerprint density at radius 3 is 3.06 bits per heavy atom. The number of nitrogens with zero attached hydrogens (tertiary/aromatic N) is 1. The van der Waals surface area contributed by atoms with Crippen molar-refractivity contribution in [2.45, 2.75) is 18.7 Å². The number of aromatic amines is 1. The molecule has 1 heterocycles. The zero-order valence-corrected chi connectivity index (χ0v) is 11.5. The van der Waals surface area contributed by atoms with E-state index in [0.29, 0.717) is 27.5 Å². The normalized spacial score (nSPS) is 12.8. The Morgan fingerprint density at radius 1 is 1.56 bits per heavy atom. The Kier molecular flexibility index (Phi) is 4.27. The maximum Gasteiger partial charge on any atom is 0.258 e. The second-order valence-electron chi connectivity index (χ2n) is 4.17. The number of rotatable bonds is 4. The van der Waals surface area contributed by atoms with Crippen LogP contribution in [0.5, 0.6) is 0 Å². The van der Waals surface area contributed by atoms with Crippen molar-refractivity contribution < 1.29 is 0 Å². The molecule has 2 rings (SSSR count). The lowest BCUT2D eigenvalue weighted by Gasteiger charge is -2.05. The van der Waals surface area contributed by atoms with Crippen molar-refractivity contribution in [1.29, 1.82) is 0 Å². The van der Waals surface area contributed by atoms with Gasteiger partial charge < -0.3 is 10.7 Å². The number of thioether (sulfide) groups is 1. The average Bonchev–Trinajstić information content (AvgIpc) is 2.30. The molecule has 0 spiro atoms. The highest BCUT2D eigenvalue weighted by molar-refractivity contribution is 7.98. The highest BCUT2D eigenvalue weighted by Gasteiger charge is 2.05. The van der Waals surface area contributed by atoms with Crippen LogP contribution < -0.4 is 11.3 Å². The van der Waals surface area contributed by atoms with Crippen LogP contribution in [0.3, 0.4) is 0 Å². The van der Waals surface area contributed by atoms with Gasteiger partial charge in [-0.3, -0.25) is 4.79 Å². The van der Waals surface area contributed by atoms with E-state index in [1.807, 2.05) is 6.92 Å². The molecule has 4 nitrogen and oxygen atoms in total. The largest absolute Gasteiger partial charge is 0.327 e. The van der Waals surface area contributed by atoms with Gasteiger partial charge in [0.25, 0.3) is 5.56 Å². The minimum atomic E-state index is -0.154. The fourth-order valence-corrected chi connectivity index (χ4v) is 2.56. The van der Waals surface area contributed by atoms with Gasteiger partial charge in [-0.25, -0.2) is 4.98 Å². The monoisotopic (exact) mass is 283 g/mol. The molecular weight excluding hydrogens is 270 g/mol. The van der Waals surface area contributed by atoms with Crippen molar-refractivity contribution in [2.75, 3.05) is 5.75 Å². The predicted octanol–water partition coefficient (Wildman–Crippen LogP) is 2.16. The topological polar surface area (TPSA) is 71.8 Å². The Bertz CT molecular complexity index is 612. The standard InChI is InChI=1S/C12H14ClN3OS/c1-7(14)5-18-6-11-15-10-3-2-8(13)4-9(10)12(17)16-11/h2-4,7H,5-6,14H2,1H3,(H,15,16,17). The van der Waals surface area contributed by atoms with Crippen LogP contribution in [0.4, 0.5) is 0 Å². The molecule has 0 aliphatic rings. The number of nitrogens with one attached hydrogen (secondary N) is 1. The Morgan fingerprint density at radius 2 is 2.33 bits per heavy atom. The highest BCUT2D eigenvalue weighted by atomic mass is 35.5. The second kappa shape index (κ2) is 5.73. The third-order valence-electron chi connectivity index (χ3n) is 2.34. The molecule has 18 heavy (non-hydrogen) atoms. The van der Waals surface area contributed by atoms with E-state index in [4.69, 9.17) is 17.3 Å². The van der Waals surface area contributed by atoms with Gasteiger partial charge in [0.2, 0.25) is 0 Å². The summed E-state index contributed by atoms with van der Waals surface area (Å²) < 4.78 is 0. The van der Waals surface area contributed by atoms with Gasteiger partial charge in [0.1, 0.15) is 5.82 Å². The van der Waals surface area contributed by atoms with E-state index in [1.165, 1.54) is 0 Å². The van der Waals surface area contributed by atoms with E-state index in [9.17, 15) is 4.79 Å². The first-order chi connectivity index (χ1) is 8.56. The molecule has 3 N–H and O–H groups in total. The van der Waals surface area contributed by atoms with Crippen LogP contribution >= 0.6 is 23.4 Å². The van der Waals surface area contributed by atoms with Crippen LogP contribution in [0.1, 0.15) is 12.7 Å². The van der Waals surface area contributed by atoms with E-state index < -0.39 is 0 Å². The van der Waals surface area contributed by atoms with E-state index in [1.54, 1.807) is 30.0 Å². The number of halogens is 1. The lowest BCUT2D eigenvalue weighted by Crippen LogP contribution is -2.18. The van der Waals surface area contributed by atoms with Crippen molar-refractivity contribution in [3.05, 3.63) is 39.4 Å². The van der Waals surface area contributed by atoms with Crippen LogP contribution in [0.25, 0.3) is 10.9 Å². The molecule has 2 aromatic rings. The maximum absolute atomic E-state index is 11.9. The van der Waals surface area contributed by atoms with E-state index >= 15 is 0 Å². The molecule has 96 valence electrons. The van der Waals surface area contributed by atoms with Crippen LogP contribution in [0, 0.1) is 0 Å². The predicted molar refractivity (Wildman–Crippen MR) is 77.2 cm³/mol. The fraction of sp³-hybridized carbons (Fsp3) is 0.333. The molecule has 0 aliphatic carbocycles. The smallest absolute Gasteiger partial charge is 0.258 e. The molecule has 0 fully saturated rings. The van der Waals surface area contributed by atoms with Crippen LogP contribution in [0.15, 0.2) is 23.0 Å². The number of hydrogen-bond acceptors (Lipinski definition) is 4. The van der Waals surface area contributed by atoms with Gasteiger partial charge in [-0.15, -0.1) is 0 Å². The number of hydrogen-bond donors (Lipinski definition) is 2. The average molecular weight is 284 g/mol. The summed E-state index contributed by atoms with van der Waals surface area (Å²) >= 11 is 7.50. The Balaban J connectivity index is 2.26. The molecule has 1 aromatic carbocycles. The molecular formula is C12H14ClN3OS. The van der Waals surface area contributed by atoms with Crippen molar-refractivity contribution in [1.82, 2.24) is 9.97 Å². The van der Waals surface area contributed by atoms with Gasteiger partial charge in [0.05, 0.1) is 16.7 Å². The summed E-state index contributed by atoms with van der Waals surface area (Å²) in [5.74, 6) is 2.15. The first-order valence-corrected chi connectivity index (χ1v) is 7.11. The minimum Gasteiger partial charge on any atom is -0.327 e. The van der Waals surface area contributed by atoms with Crippen LogP contribution in [-0.4, -0.2) is 21.8 Å². The van der Waals surface area contributed by atoms with Gasteiger partial charge in [0, 0.05) is 16.8 Å². The first-order valence-electron chi connectivity index (χ1n) is 5.58. The molecule has 0 saturated carbocycles. The lowest BCUT2D eigenvalue weighted by molar-refractivity contribution is 0.846. The maximum atomic E-state index is 11.9. The number of nitrogens with two attached hydrogens (primary N) is 1. The summed E-state index contributed by atoms with van der Waals surface area (Å²) in [6, 6.07) is 5.25. The van der Waals surface area contributed by atoms with E-state index in [-0.39, 0.29) is 11.6 Å². The van der Waals surface area contributed by atoms with Gasteiger partial charge in [-0.05, 0) is 25.1 Å². The summed E-state index contributed by atoms with van der Waals surface area (Å²) in [4.78, 5) is 19.0. The van der Waals surface area contributed by atoms with Crippen molar-refractivity contribution in [3.63, 3.8) is 0 Å². The zero-order chi connectivity index (χ0) is 13.1. The lowest BCUT2D eigenvalue weighted by atomic mass is 10.2. The van der Waals surface area contributed by atoms with Crippen molar-refractivity contribution in [3.8, 4) is 0 Å². The summed E-state index contributed by atoms with van der Waals surface area (Å²) in [5.41, 5.74) is 6.18. The molecule has 0 bridgehead atoms. The van der Waals surface area contributed by atoms with Gasteiger partial charge >= 0.3 is 0 Å². The first kappa shape index (κ1) is 13.4. The zero-order valence-electron chi connectivity index (χ0n) is 9.94. The molecule has 1 atom stereocenters. The molecule has 0 saturated heterocycles. The van der Waals surface area contributed by atoms with Gasteiger partial charge in [0.15, 0.2) is 0 Å². The molecule has 0 amide bonds. The quantitative estimate of drug-likeness (QED) is 0.902. The second-order valence-corrected chi connectivity index (χ2v) is 5.63. The summed E-state index contributed by atoms with van der Waals surface area (Å²) in [6.45, 7) is 1.95. The van der Waals surface area contributed by atoms with Gasteiger partial charge in [-0.1, -0.05) is 11.6 Å². The number of benzene rings is 1. The Hall–Kier alpha value is -1.04. The van der Waals surface area contributed by atoms with Gasteiger partial charge in [-0.2, -0.15) is 11.8 Å². The summed E-state index contributed by atoms with van der Waals surface area (Å²) in [5, 5.41) is 1.05. The SMILES string of the molecule is CC(N)CSCc1nc2ccc(Cl)cc2c(=O)[nH]1. The molecule has 1 unspecified atom stereocenters. The fourth-order valence-electron chi connectivity index (χ4n) is 1.57. The number of H-pyrrole nitrogens is 1. The Labute approximate surface area is 114 Å². The minimum absolute atomic E-state index is 0.140.